The number of carbonyl (C=O) groups excluding carboxylic acids is 1. The van der Waals surface area contributed by atoms with Gasteiger partial charge in [-0.05, 0) is 43.7 Å². The van der Waals surface area contributed by atoms with Gasteiger partial charge in [0.1, 0.15) is 5.82 Å². The number of nitrogens with one attached hydrogen (secondary N) is 1. The molecule has 2 aliphatic heterocycles. The van der Waals surface area contributed by atoms with E-state index in [1.54, 1.807) is 6.07 Å². The van der Waals surface area contributed by atoms with E-state index in [1.165, 1.54) is 6.07 Å². The number of halogens is 2. The first-order valence-electron chi connectivity index (χ1n) is 8.12. The summed E-state index contributed by atoms with van der Waals surface area (Å²) >= 11 is 5.96. The molecule has 0 aliphatic carbocycles. The first-order valence-corrected chi connectivity index (χ1v) is 8.50. The van der Waals surface area contributed by atoms with Crippen molar-refractivity contribution in [3.05, 3.63) is 34.6 Å². The van der Waals surface area contributed by atoms with Crippen LogP contribution in [0, 0.1) is 5.82 Å². The number of piperazine rings is 1. The van der Waals surface area contributed by atoms with Gasteiger partial charge in [0.05, 0.1) is 0 Å². The minimum absolute atomic E-state index is 0.0224. The lowest BCUT2D eigenvalue weighted by Crippen LogP contribution is -2.60. The molecule has 1 atom stereocenters. The maximum absolute atomic E-state index is 13.5. The SMILES string of the molecule is CN1CCN(Cc2cc(F)cc(Cl)c2)C[C@@]12CCNC(=O)CC2. The van der Waals surface area contributed by atoms with Gasteiger partial charge in [-0.2, -0.15) is 0 Å². The molecule has 0 radical (unpaired) electrons. The fraction of sp³-hybridized carbons (Fsp3) is 0.588. The molecule has 0 unspecified atom stereocenters. The molecule has 3 rings (SSSR count). The van der Waals surface area contributed by atoms with Crippen molar-refractivity contribution in [1.82, 2.24) is 15.1 Å². The van der Waals surface area contributed by atoms with Crippen molar-refractivity contribution < 1.29 is 9.18 Å². The molecular weight excluding hydrogens is 317 g/mol. The summed E-state index contributed by atoms with van der Waals surface area (Å²) in [6.45, 7) is 4.20. The van der Waals surface area contributed by atoms with Crippen LogP contribution in [0.1, 0.15) is 24.8 Å². The van der Waals surface area contributed by atoms with E-state index in [-0.39, 0.29) is 17.3 Å². The summed E-state index contributed by atoms with van der Waals surface area (Å²) in [6, 6.07) is 4.71. The van der Waals surface area contributed by atoms with Crippen LogP contribution in [0.3, 0.4) is 0 Å². The normalized spacial score (nSPS) is 27.0. The number of rotatable bonds is 2. The van der Waals surface area contributed by atoms with E-state index < -0.39 is 0 Å². The number of amides is 1. The van der Waals surface area contributed by atoms with Crippen LogP contribution in [0.4, 0.5) is 4.39 Å². The van der Waals surface area contributed by atoms with Gasteiger partial charge >= 0.3 is 0 Å². The number of likely N-dealkylation sites (N-methyl/N-ethyl adjacent to an activating group) is 1. The minimum Gasteiger partial charge on any atom is -0.356 e. The van der Waals surface area contributed by atoms with Crippen LogP contribution in [0.2, 0.25) is 5.02 Å². The van der Waals surface area contributed by atoms with Crippen LogP contribution in [-0.4, -0.2) is 54.5 Å². The quantitative estimate of drug-likeness (QED) is 0.897. The molecule has 0 aromatic heterocycles. The Hall–Kier alpha value is -1.17. The Balaban J connectivity index is 1.73. The molecular formula is C17H23ClFN3O. The predicted octanol–water partition coefficient (Wildman–Crippen LogP) is 2.27. The van der Waals surface area contributed by atoms with E-state index in [0.717, 1.165) is 44.6 Å². The number of benzene rings is 1. The lowest BCUT2D eigenvalue weighted by atomic mass is 9.86. The number of carbonyl (C=O) groups is 1. The van der Waals surface area contributed by atoms with E-state index >= 15 is 0 Å². The first-order chi connectivity index (χ1) is 11.0. The average molecular weight is 340 g/mol. The Bertz CT molecular complexity index is 577. The maximum Gasteiger partial charge on any atom is 0.220 e. The second-order valence-corrected chi connectivity index (χ2v) is 7.17. The summed E-state index contributed by atoms with van der Waals surface area (Å²) in [5, 5.41) is 3.40. The van der Waals surface area contributed by atoms with Crippen molar-refractivity contribution in [3.63, 3.8) is 0 Å². The predicted molar refractivity (Wildman–Crippen MR) is 88.9 cm³/mol. The van der Waals surface area contributed by atoms with Crippen LogP contribution < -0.4 is 5.32 Å². The lowest BCUT2D eigenvalue weighted by Gasteiger charge is -2.49. The van der Waals surface area contributed by atoms with Crippen molar-refractivity contribution in [1.29, 1.82) is 0 Å². The second kappa shape index (κ2) is 6.75. The molecule has 126 valence electrons. The third-order valence-corrected chi connectivity index (χ3v) is 5.36. The van der Waals surface area contributed by atoms with Crippen LogP contribution in [0.25, 0.3) is 0 Å². The Morgan fingerprint density at radius 1 is 1.30 bits per heavy atom. The van der Waals surface area contributed by atoms with Crippen LogP contribution >= 0.6 is 11.6 Å². The van der Waals surface area contributed by atoms with E-state index in [1.807, 2.05) is 6.07 Å². The van der Waals surface area contributed by atoms with E-state index in [4.69, 9.17) is 11.6 Å². The molecule has 2 fully saturated rings. The monoisotopic (exact) mass is 339 g/mol. The zero-order valence-electron chi connectivity index (χ0n) is 13.4. The highest BCUT2D eigenvalue weighted by Crippen LogP contribution is 2.31. The summed E-state index contributed by atoms with van der Waals surface area (Å²) in [5.74, 6) is -0.148. The van der Waals surface area contributed by atoms with E-state index in [2.05, 4.69) is 22.2 Å². The number of hydrogen-bond donors (Lipinski definition) is 1. The molecule has 4 nitrogen and oxygen atoms in total. The summed E-state index contributed by atoms with van der Waals surface area (Å²) in [5.41, 5.74) is 0.923. The van der Waals surface area contributed by atoms with Crippen molar-refractivity contribution in [3.8, 4) is 0 Å². The highest BCUT2D eigenvalue weighted by Gasteiger charge is 2.40. The van der Waals surface area contributed by atoms with Crippen LogP contribution in [0.5, 0.6) is 0 Å². The fourth-order valence-electron chi connectivity index (χ4n) is 3.77. The van der Waals surface area contributed by atoms with Crippen LogP contribution in [0.15, 0.2) is 18.2 Å². The zero-order chi connectivity index (χ0) is 16.4. The van der Waals surface area contributed by atoms with Crippen molar-refractivity contribution >= 4 is 17.5 Å². The average Bonchev–Trinajstić information content (AvgIpc) is 2.65. The Morgan fingerprint density at radius 2 is 2.13 bits per heavy atom. The second-order valence-electron chi connectivity index (χ2n) is 6.73. The van der Waals surface area contributed by atoms with Gasteiger partial charge in [-0.25, -0.2) is 4.39 Å². The van der Waals surface area contributed by atoms with Gasteiger partial charge in [0, 0.05) is 49.7 Å². The fourth-order valence-corrected chi connectivity index (χ4v) is 4.02. The molecule has 23 heavy (non-hydrogen) atoms. The maximum atomic E-state index is 13.5. The van der Waals surface area contributed by atoms with Crippen molar-refractivity contribution in [2.75, 3.05) is 33.2 Å². The van der Waals surface area contributed by atoms with Gasteiger partial charge in [-0.3, -0.25) is 14.6 Å². The smallest absolute Gasteiger partial charge is 0.220 e. The molecule has 1 aromatic carbocycles. The van der Waals surface area contributed by atoms with Crippen molar-refractivity contribution in [2.45, 2.75) is 31.3 Å². The zero-order valence-corrected chi connectivity index (χ0v) is 14.2. The van der Waals surface area contributed by atoms with E-state index in [0.29, 0.717) is 18.0 Å². The van der Waals surface area contributed by atoms with Crippen LogP contribution in [-0.2, 0) is 11.3 Å². The molecule has 2 aliphatic rings. The van der Waals surface area contributed by atoms with Crippen molar-refractivity contribution in [2.24, 2.45) is 0 Å². The molecule has 6 heteroatoms. The molecule has 0 bridgehead atoms. The first kappa shape index (κ1) is 16.7. The Morgan fingerprint density at radius 3 is 2.91 bits per heavy atom. The topological polar surface area (TPSA) is 35.6 Å². The molecule has 1 N–H and O–H groups in total. The van der Waals surface area contributed by atoms with Gasteiger partial charge in [0.2, 0.25) is 5.91 Å². The van der Waals surface area contributed by atoms with Gasteiger partial charge in [-0.1, -0.05) is 11.6 Å². The largest absolute Gasteiger partial charge is 0.356 e. The van der Waals surface area contributed by atoms with Gasteiger partial charge < -0.3 is 5.32 Å². The molecule has 0 saturated carbocycles. The van der Waals surface area contributed by atoms with Gasteiger partial charge in [0.25, 0.3) is 0 Å². The Kier molecular flexibility index (Phi) is 4.90. The molecule has 2 heterocycles. The minimum atomic E-state index is -0.291. The Labute approximate surface area is 141 Å². The third kappa shape index (κ3) is 3.84. The van der Waals surface area contributed by atoms with Gasteiger partial charge in [0.15, 0.2) is 0 Å². The molecule has 1 spiro atoms. The third-order valence-electron chi connectivity index (χ3n) is 5.14. The highest BCUT2D eigenvalue weighted by molar-refractivity contribution is 6.30. The standard InChI is InChI=1S/C17H23ClFN3O/c1-21-6-7-22(11-13-8-14(18)10-15(19)9-13)12-17(21)3-2-16(23)20-5-4-17/h8-10H,2-7,11-12H2,1H3,(H,20,23)/t17-/m1/s1. The number of hydrogen-bond acceptors (Lipinski definition) is 3. The summed E-state index contributed by atoms with van der Waals surface area (Å²) < 4.78 is 13.5. The van der Waals surface area contributed by atoms with E-state index in [9.17, 15) is 9.18 Å². The molecule has 1 aromatic rings. The highest BCUT2D eigenvalue weighted by atomic mass is 35.5. The van der Waals surface area contributed by atoms with Gasteiger partial charge in [-0.15, -0.1) is 0 Å². The molecule has 1 amide bonds. The summed E-state index contributed by atoms with van der Waals surface area (Å²) in [7, 11) is 2.15. The summed E-state index contributed by atoms with van der Waals surface area (Å²) in [6.07, 6.45) is 2.40. The lowest BCUT2D eigenvalue weighted by molar-refractivity contribution is -0.121. The summed E-state index contributed by atoms with van der Waals surface area (Å²) in [4.78, 5) is 16.4. The number of nitrogens with zero attached hydrogens (tertiary/aromatic N) is 2. The molecule has 2 saturated heterocycles.